The second-order valence-corrected chi connectivity index (χ2v) is 10.3. The molecule has 1 N–H and O–H groups in total. The molecule has 3 aromatic rings. The molecule has 1 fully saturated rings. The first-order valence-corrected chi connectivity index (χ1v) is 13.8. The Balaban J connectivity index is 1.33. The zero-order valence-corrected chi connectivity index (χ0v) is 22.3. The molecular weight excluding hydrogens is 468 g/mol. The summed E-state index contributed by atoms with van der Waals surface area (Å²) in [4.78, 5) is 31.4. The highest BCUT2D eigenvalue weighted by atomic mass is 32.2. The number of rotatable bonds is 10. The van der Waals surface area contributed by atoms with Crippen LogP contribution in [0.1, 0.15) is 54.0 Å². The minimum atomic E-state index is -0.0640. The second kappa shape index (κ2) is 12.8. The van der Waals surface area contributed by atoms with E-state index in [1.54, 1.807) is 18.0 Å². The lowest BCUT2D eigenvalue weighted by molar-refractivity contribution is 0.0954. The van der Waals surface area contributed by atoms with Gasteiger partial charge in [0.15, 0.2) is 5.16 Å². The van der Waals surface area contributed by atoms with Crippen molar-refractivity contribution in [1.29, 1.82) is 0 Å². The van der Waals surface area contributed by atoms with Crippen LogP contribution < -0.4 is 10.2 Å². The molecule has 3 heterocycles. The Morgan fingerprint density at radius 3 is 2.50 bits per heavy atom. The third kappa shape index (κ3) is 7.27. The van der Waals surface area contributed by atoms with Gasteiger partial charge in [0.1, 0.15) is 5.82 Å². The van der Waals surface area contributed by atoms with E-state index in [-0.39, 0.29) is 5.91 Å². The fourth-order valence-electron chi connectivity index (χ4n) is 4.10. The molecule has 7 nitrogen and oxygen atoms in total. The maximum absolute atomic E-state index is 12.5. The third-order valence-electron chi connectivity index (χ3n) is 6.42. The lowest BCUT2D eigenvalue weighted by Crippen LogP contribution is -2.46. The van der Waals surface area contributed by atoms with Gasteiger partial charge in [-0.25, -0.2) is 9.97 Å². The van der Waals surface area contributed by atoms with Crippen LogP contribution in [0.25, 0.3) is 0 Å². The first-order valence-electron chi connectivity index (χ1n) is 12.8. The number of nitrogens with zero attached hydrogens (tertiary/aromatic N) is 5. The van der Waals surface area contributed by atoms with Crippen LogP contribution in [0.5, 0.6) is 0 Å². The summed E-state index contributed by atoms with van der Waals surface area (Å²) >= 11 is 1.65. The molecule has 8 heteroatoms. The molecule has 0 saturated carbocycles. The van der Waals surface area contributed by atoms with Gasteiger partial charge in [-0.05, 0) is 42.3 Å². The predicted octanol–water partition coefficient (Wildman–Crippen LogP) is 4.40. The highest BCUT2D eigenvalue weighted by Crippen LogP contribution is 2.26. The summed E-state index contributed by atoms with van der Waals surface area (Å²) in [5, 5.41) is 3.78. The summed E-state index contributed by atoms with van der Waals surface area (Å²) in [6, 6.07) is 15.8. The van der Waals surface area contributed by atoms with Gasteiger partial charge in [0.2, 0.25) is 0 Å². The second-order valence-electron chi connectivity index (χ2n) is 9.32. The van der Waals surface area contributed by atoms with E-state index in [4.69, 9.17) is 9.97 Å². The fraction of sp³-hybridized carbons (Fsp3) is 0.429. The van der Waals surface area contributed by atoms with E-state index in [1.807, 2.05) is 42.5 Å². The van der Waals surface area contributed by atoms with Gasteiger partial charge in [-0.1, -0.05) is 50.7 Å². The number of benzene rings is 1. The Morgan fingerprint density at radius 1 is 1.06 bits per heavy atom. The highest BCUT2D eigenvalue weighted by Gasteiger charge is 2.19. The molecule has 1 amide bonds. The maximum atomic E-state index is 12.5. The summed E-state index contributed by atoms with van der Waals surface area (Å²) in [6.07, 6.45) is 2.49. The molecule has 0 aliphatic carbocycles. The molecule has 1 saturated heterocycles. The van der Waals surface area contributed by atoms with Crippen molar-refractivity contribution in [3.63, 3.8) is 0 Å². The molecule has 4 rings (SSSR count). The van der Waals surface area contributed by atoms with Gasteiger partial charge >= 0.3 is 0 Å². The van der Waals surface area contributed by atoms with E-state index >= 15 is 0 Å². The van der Waals surface area contributed by atoms with Crippen LogP contribution in [-0.2, 0) is 12.2 Å². The SMILES string of the molecule is CCN1CCN(c2cc(C(C)C)nc(SCc3ccc(C(=O)NCCc4ccccn4)cc3)n2)CC1. The van der Waals surface area contributed by atoms with Crippen molar-refractivity contribution < 1.29 is 4.79 Å². The van der Waals surface area contributed by atoms with E-state index < -0.39 is 0 Å². The number of likely N-dealkylation sites (N-methyl/N-ethyl adjacent to an activating group) is 1. The van der Waals surface area contributed by atoms with Crippen molar-refractivity contribution >= 4 is 23.5 Å². The minimum Gasteiger partial charge on any atom is -0.354 e. The van der Waals surface area contributed by atoms with Crippen LogP contribution in [0.15, 0.2) is 59.9 Å². The van der Waals surface area contributed by atoms with Crippen LogP contribution >= 0.6 is 11.8 Å². The van der Waals surface area contributed by atoms with Gasteiger partial charge < -0.3 is 15.1 Å². The molecule has 0 radical (unpaired) electrons. The van der Waals surface area contributed by atoms with E-state index in [1.165, 1.54) is 0 Å². The number of carbonyl (C=O) groups is 1. The van der Waals surface area contributed by atoms with Gasteiger partial charge in [0.05, 0.1) is 0 Å². The average Bonchev–Trinajstić information content (AvgIpc) is 2.92. The van der Waals surface area contributed by atoms with Gasteiger partial charge in [-0.3, -0.25) is 9.78 Å². The number of nitrogens with one attached hydrogen (secondary N) is 1. The molecule has 2 aromatic heterocycles. The van der Waals surface area contributed by atoms with Crippen LogP contribution in [0.4, 0.5) is 5.82 Å². The van der Waals surface area contributed by atoms with Crippen LogP contribution in [0.2, 0.25) is 0 Å². The van der Waals surface area contributed by atoms with E-state index in [9.17, 15) is 4.79 Å². The molecule has 0 atom stereocenters. The van der Waals surface area contributed by atoms with Crippen molar-refractivity contribution in [3.8, 4) is 0 Å². The summed E-state index contributed by atoms with van der Waals surface area (Å²) in [6.45, 7) is 12.4. The quantitative estimate of drug-likeness (QED) is 0.324. The lowest BCUT2D eigenvalue weighted by atomic mass is 10.1. The van der Waals surface area contributed by atoms with Crippen molar-refractivity contribution in [2.45, 2.75) is 44.0 Å². The number of piperazine rings is 1. The van der Waals surface area contributed by atoms with Gasteiger partial charge in [-0.2, -0.15) is 0 Å². The topological polar surface area (TPSA) is 74.2 Å². The summed E-state index contributed by atoms with van der Waals surface area (Å²) in [7, 11) is 0. The molecule has 1 aliphatic rings. The Labute approximate surface area is 218 Å². The van der Waals surface area contributed by atoms with Crippen LogP contribution in [0.3, 0.4) is 0 Å². The minimum absolute atomic E-state index is 0.0640. The lowest BCUT2D eigenvalue weighted by Gasteiger charge is -2.35. The van der Waals surface area contributed by atoms with E-state index in [0.717, 1.165) is 66.4 Å². The Kier molecular flexibility index (Phi) is 9.30. The van der Waals surface area contributed by atoms with Gasteiger partial charge in [0, 0.05) is 74.1 Å². The van der Waals surface area contributed by atoms with Crippen molar-refractivity contribution in [3.05, 3.63) is 77.2 Å². The average molecular weight is 505 g/mol. The summed E-state index contributed by atoms with van der Waals surface area (Å²) in [5.41, 5.74) is 3.86. The number of anilines is 1. The fourth-order valence-corrected chi connectivity index (χ4v) is 4.91. The van der Waals surface area contributed by atoms with Crippen molar-refractivity contribution in [2.24, 2.45) is 0 Å². The number of pyridine rings is 1. The van der Waals surface area contributed by atoms with Gasteiger partial charge in [-0.15, -0.1) is 0 Å². The van der Waals surface area contributed by atoms with Crippen LogP contribution in [0, 0.1) is 0 Å². The molecule has 0 spiro atoms. The largest absolute Gasteiger partial charge is 0.354 e. The summed E-state index contributed by atoms with van der Waals surface area (Å²) < 4.78 is 0. The number of carbonyl (C=O) groups excluding carboxylic acids is 1. The Morgan fingerprint density at radius 2 is 1.83 bits per heavy atom. The standard InChI is InChI=1S/C28H36N6OS/c1-4-33-15-17-34(18-16-33)26-19-25(21(2)3)31-28(32-26)36-20-22-8-10-23(11-9-22)27(35)30-14-12-24-7-5-6-13-29-24/h5-11,13,19,21H,4,12,14-18,20H2,1-3H3,(H,30,35). The number of aromatic nitrogens is 3. The zero-order valence-electron chi connectivity index (χ0n) is 21.5. The van der Waals surface area contributed by atoms with Crippen molar-refractivity contribution in [1.82, 2.24) is 25.2 Å². The smallest absolute Gasteiger partial charge is 0.251 e. The first kappa shape index (κ1) is 26.1. The van der Waals surface area contributed by atoms with Crippen LogP contribution in [-0.4, -0.2) is 65.0 Å². The number of thioether (sulfide) groups is 1. The molecule has 1 aliphatic heterocycles. The van der Waals surface area contributed by atoms with E-state index in [2.05, 4.69) is 46.9 Å². The normalized spacial score (nSPS) is 14.3. The van der Waals surface area contributed by atoms with Crippen molar-refractivity contribution in [2.75, 3.05) is 44.2 Å². The monoisotopic (exact) mass is 504 g/mol. The highest BCUT2D eigenvalue weighted by molar-refractivity contribution is 7.98. The number of hydrogen-bond donors (Lipinski definition) is 1. The number of hydrogen-bond acceptors (Lipinski definition) is 7. The Bertz CT molecular complexity index is 1110. The predicted molar refractivity (Wildman–Crippen MR) is 147 cm³/mol. The molecule has 1 aromatic carbocycles. The van der Waals surface area contributed by atoms with E-state index in [0.29, 0.717) is 24.4 Å². The summed E-state index contributed by atoms with van der Waals surface area (Å²) in [5.74, 6) is 2.07. The molecule has 36 heavy (non-hydrogen) atoms. The first-order chi connectivity index (χ1) is 17.5. The molecular formula is C28H36N6OS. The maximum Gasteiger partial charge on any atom is 0.251 e. The molecule has 0 unspecified atom stereocenters. The van der Waals surface area contributed by atoms with Gasteiger partial charge in [0.25, 0.3) is 5.91 Å². The number of amides is 1. The Hall–Kier alpha value is -2.97. The molecule has 190 valence electrons. The zero-order chi connectivity index (χ0) is 25.3. The molecule has 0 bridgehead atoms. The third-order valence-corrected chi connectivity index (χ3v) is 7.34.